The molecule has 6 nitrogen and oxygen atoms in total. The molecule has 2 heterocycles. The molecule has 0 radical (unpaired) electrons. The average molecular weight is 297 g/mol. The summed E-state index contributed by atoms with van der Waals surface area (Å²) >= 11 is 0. The molecular formula is C13H19N3O3S. The van der Waals surface area contributed by atoms with Crippen molar-refractivity contribution in [3.8, 4) is 0 Å². The van der Waals surface area contributed by atoms with E-state index in [9.17, 15) is 9.00 Å². The summed E-state index contributed by atoms with van der Waals surface area (Å²) in [5.41, 5.74) is 6.60. The molecule has 3 N–H and O–H groups in total. The first-order valence-corrected chi connectivity index (χ1v) is 8.13. The molecule has 0 atom stereocenters. The smallest absolute Gasteiger partial charge is 0.340 e. The van der Waals surface area contributed by atoms with Crippen LogP contribution in [0.15, 0.2) is 12.3 Å². The van der Waals surface area contributed by atoms with E-state index in [0.717, 1.165) is 12.8 Å². The van der Waals surface area contributed by atoms with E-state index in [1.165, 1.54) is 6.20 Å². The number of aromatic nitrogens is 1. The van der Waals surface area contributed by atoms with Gasteiger partial charge in [0, 0.05) is 34.5 Å². The third-order valence-electron chi connectivity index (χ3n) is 3.21. The molecule has 0 amide bonds. The normalized spacial score (nSPS) is 22.2. The highest BCUT2D eigenvalue weighted by atomic mass is 32.2. The molecule has 1 aromatic heterocycles. The van der Waals surface area contributed by atoms with E-state index in [-0.39, 0.29) is 6.04 Å². The zero-order valence-corrected chi connectivity index (χ0v) is 12.2. The van der Waals surface area contributed by atoms with Crippen LogP contribution < -0.4 is 11.1 Å². The summed E-state index contributed by atoms with van der Waals surface area (Å²) in [5.74, 6) is 1.43. The van der Waals surface area contributed by atoms with Gasteiger partial charge in [0.1, 0.15) is 5.82 Å². The summed E-state index contributed by atoms with van der Waals surface area (Å²) in [6.45, 7) is 2.05. The molecule has 1 aliphatic heterocycles. The maximum absolute atomic E-state index is 11.8. The highest BCUT2D eigenvalue weighted by molar-refractivity contribution is 7.85. The lowest BCUT2D eigenvalue weighted by atomic mass is 10.1. The molecule has 1 aromatic rings. The lowest BCUT2D eigenvalue weighted by Gasteiger charge is -2.24. The van der Waals surface area contributed by atoms with Crippen LogP contribution in [0.2, 0.25) is 0 Å². The fourth-order valence-electron chi connectivity index (χ4n) is 2.11. The zero-order valence-electron chi connectivity index (χ0n) is 11.4. The van der Waals surface area contributed by atoms with Crippen LogP contribution in [0.4, 0.5) is 11.5 Å². The molecule has 20 heavy (non-hydrogen) atoms. The summed E-state index contributed by atoms with van der Waals surface area (Å²) < 4.78 is 16.3. The minimum absolute atomic E-state index is 0.194. The van der Waals surface area contributed by atoms with Crippen molar-refractivity contribution < 1.29 is 13.7 Å². The predicted molar refractivity (Wildman–Crippen MR) is 79.1 cm³/mol. The number of nitrogens with two attached hydrogens (primary N) is 1. The van der Waals surface area contributed by atoms with Crippen molar-refractivity contribution in [2.45, 2.75) is 25.8 Å². The van der Waals surface area contributed by atoms with E-state index in [1.807, 2.05) is 0 Å². The number of hydrogen-bond acceptors (Lipinski definition) is 6. The van der Waals surface area contributed by atoms with Gasteiger partial charge in [-0.2, -0.15) is 0 Å². The third-order valence-corrected chi connectivity index (χ3v) is 4.60. The summed E-state index contributed by atoms with van der Waals surface area (Å²) in [4.78, 5) is 15.9. The number of carbonyl (C=O) groups is 1. The van der Waals surface area contributed by atoms with Gasteiger partial charge in [-0.3, -0.25) is 4.21 Å². The Balaban J connectivity index is 2.10. The minimum Gasteiger partial charge on any atom is -0.462 e. The number of nitrogens with zero attached hydrogens (tertiary/aromatic N) is 1. The monoisotopic (exact) mass is 297 g/mol. The maximum Gasteiger partial charge on any atom is 0.340 e. The number of hydrogen-bond donors (Lipinski definition) is 2. The Morgan fingerprint density at radius 3 is 2.90 bits per heavy atom. The van der Waals surface area contributed by atoms with Crippen LogP contribution >= 0.6 is 0 Å². The van der Waals surface area contributed by atoms with Gasteiger partial charge >= 0.3 is 5.97 Å². The molecular weight excluding hydrogens is 278 g/mol. The number of esters is 1. The Kier molecular flexibility index (Phi) is 4.94. The Morgan fingerprint density at radius 1 is 1.55 bits per heavy atom. The lowest BCUT2D eigenvalue weighted by Crippen LogP contribution is -2.30. The number of nitrogens with one attached hydrogen (secondary N) is 1. The van der Waals surface area contributed by atoms with E-state index < -0.39 is 16.8 Å². The van der Waals surface area contributed by atoms with Crippen molar-refractivity contribution in [2.24, 2.45) is 0 Å². The summed E-state index contributed by atoms with van der Waals surface area (Å²) in [6, 6.07) is 1.74. The molecule has 7 heteroatoms. The Morgan fingerprint density at radius 2 is 2.25 bits per heavy atom. The van der Waals surface area contributed by atoms with Gasteiger partial charge in [-0.15, -0.1) is 0 Å². The van der Waals surface area contributed by atoms with Crippen molar-refractivity contribution in [1.29, 1.82) is 0 Å². The molecule has 1 fully saturated rings. The van der Waals surface area contributed by atoms with Crippen molar-refractivity contribution in [2.75, 3.05) is 29.2 Å². The predicted octanol–water partition coefficient (Wildman–Crippen LogP) is 1.16. The fraction of sp³-hybridized carbons (Fsp3) is 0.538. The van der Waals surface area contributed by atoms with Crippen LogP contribution in [0.5, 0.6) is 0 Å². The minimum atomic E-state index is -0.704. The molecule has 0 bridgehead atoms. The first kappa shape index (κ1) is 14.8. The van der Waals surface area contributed by atoms with E-state index in [0.29, 0.717) is 35.2 Å². The van der Waals surface area contributed by atoms with Gasteiger partial charge in [0.15, 0.2) is 0 Å². The molecule has 0 aromatic carbocycles. The highest BCUT2D eigenvalue weighted by Crippen LogP contribution is 2.23. The second-order valence-corrected chi connectivity index (χ2v) is 6.30. The molecule has 2 rings (SSSR count). The number of ether oxygens (including phenoxy) is 1. The van der Waals surface area contributed by atoms with Crippen LogP contribution in [0.1, 0.15) is 30.1 Å². The standard InChI is InChI=1S/C13H19N3O3S/c1-2-19-13(17)10-3-6-15-12(11(10)14)16-9-4-7-20(18)8-5-9/h3,6,9H,2,4-5,7-8,14H2,1H3,(H,15,16). The number of nitrogen functional groups attached to an aromatic ring is 1. The van der Waals surface area contributed by atoms with Gasteiger partial charge in [-0.05, 0) is 25.8 Å². The van der Waals surface area contributed by atoms with E-state index in [2.05, 4.69) is 10.3 Å². The lowest BCUT2D eigenvalue weighted by molar-refractivity contribution is 0.0527. The fourth-order valence-corrected chi connectivity index (χ4v) is 3.41. The van der Waals surface area contributed by atoms with E-state index >= 15 is 0 Å². The van der Waals surface area contributed by atoms with E-state index in [4.69, 9.17) is 10.5 Å². The molecule has 110 valence electrons. The zero-order chi connectivity index (χ0) is 14.5. The topological polar surface area (TPSA) is 94.3 Å². The van der Waals surface area contributed by atoms with Crippen molar-refractivity contribution in [1.82, 2.24) is 4.98 Å². The third kappa shape index (κ3) is 3.47. The number of rotatable bonds is 4. The Hall–Kier alpha value is -1.63. The molecule has 0 spiro atoms. The molecule has 0 saturated carbocycles. The molecule has 1 aliphatic rings. The SMILES string of the molecule is CCOC(=O)c1ccnc(NC2CCS(=O)CC2)c1N. The summed E-state index contributed by atoms with van der Waals surface area (Å²) in [6.07, 6.45) is 3.17. The molecule has 0 unspecified atom stereocenters. The largest absolute Gasteiger partial charge is 0.462 e. The molecule has 1 saturated heterocycles. The van der Waals surface area contributed by atoms with E-state index in [1.54, 1.807) is 13.0 Å². The molecule has 0 aliphatic carbocycles. The number of carbonyl (C=O) groups excluding carboxylic acids is 1. The summed E-state index contributed by atoms with van der Waals surface area (Å²) in [5, 5.41) is 3.23. The first-order chi connectivity index (χ1) is 9.61. The quantitative estimate of drug-likeness (QED) is 0.810. The van der Waals surface area contributed by atoms with Gasteiger partial charge in [0.05, 0.1) is 17.9 Å². The van der Waals surface area contributed by atoms with Crippen molar-refractivity contribution in [3.63, 3.8) is 0 Å². The Labute approximate surface area is 120 Å². The first-order valence-electron chi connectivity index (χ1n) is 6.65. The average Bonchev–Trinajstić information content (AvgIpc) is 2.44. The van der Waals surface area contributed by atoms with Crippen LogP contribution in [-0.4, -0.2) is 39.3 Å². The van der Waals surface area contributed by atoms with Crippen molar-refractivity contribution >= 4 is 28.3 Å². The Bertz CT molecular complexity index is 512. The van der Waals surface area contributed by atoms with Gasteiger partial charge in [0.2, 0.25) is 0 Å². The number of pyridine rings is 1. The maximum atomic E-state index is 11.8. The second kappa shape index (κ2) is 6.69. The van der Waals surface area contributed by atoms with Crippen molar-refractivity contribution in [3.05, 3.63) is 17.8 Å². The second-order valence-electron chi connectivity index (χ2n) is 4.61. The van der Waals surface area contributed by atoms with Crippen LogP contribution in [-0.2, 0) is 15.5 Å². The van der Waals surface area contributed by atoms with Crippen LogP contribution in [0.25, 0.3) is 0 Å². The number of anilines is 2. The van der Waals surface area contributed by atoms with Crippen LogP contribution in [0, 0.1) is 0 Å². The van der Waals surface area contributed by atoms with Gasteiger partial charge in [-0.1, -0.05) is 0 Å². The van der Waals surface area contributed by atoms with Gasteiger partial charge in [0.25, 0.3) is 0 Å². The van der Waals surface area contributed by atoms with Gasteiger partial charge < -0.3 is 15.8 Å². The van der Waals surface area contributed by atoms with Crippen LogP contribution in [0.3, 0.4) is 0 Å². The van der Waals surface area contributed by atoms with Gasteiger partial charge in [-0.25, -0.2) is 9.78 Å². The highest BCUT2D eigenvalue weighted by Gasteiger charge is 2.20. The summed E-state index contributed by atoms with van der Waals surface area (Å²) in [7, 11) is -0.704.